The Morgan fingerprint density at radius 2 is 2.17 bits per heavy atom. The lowest BCUT2D eigenvalue weighted by Gasteiger charge is -2.38. The van der Waals surface area contributed by atoms with Crippen LogP contribution in [0.5, 0.6) is 0 Å². The van der Waals surface area contributed by atoms with E-state index in [9.17, 15) is 4.79 Å². The zero-order chi connectivity index (χ0) is 8.60. The molecule has 2 fully saturated rings. The monoisotopic (exact) mass is 187 g/mol. The number of hydrogen-bond acceptors (Lipinski definition) is 2. The van der Waals surface area contributed by atoms with Gasteiger partial charge in [-0.2, -0.15) is 0 Å². The lowest BCUT2D eigenvalue weighted by Crippen LogP contribution is -2.34. The smallest absolute Gasteiger partial charge is 0.235 e. The summed E-state index contributed by atoms with van der Waals surface area (Å²) in [4.78, 5) is 12.8. The van der Waals surface area contributed by atoms with Crippen LogP contribution in [0, 0.1) is 5.41 Å². The maximum Gasteiger partial charge on any atom is 0.235 e. The van der Waals surface area contributed by atoms with Gasteiger partial charge in [0.15, 0.2) is 0 Å². The topological polar surface area (TPSA) is 20.3 Å². The van der Waals surface area contributed by atoms with Gasteiger partial charge in [-0.1, -0.05) is 6.42 Å². The Morgan fingerprint density at radius 3 is 2.58 bits per heavy atom. The Bertz CT molecular complexity index is 201. The number of carbonyl (C=O) groups excluding carboxylic acids is 1. The van der Waals surface area contributed by atoms with E-state index in [0.717, 1.165) is 13.1 Å². The Kier molecular flexibility index (Phi) is 2.13. The molecule has 0 aromatic carbocycles. The quantitative estimate of drug-likeness (QED) is 0.613. The third kappa shape index (κ3) is 1.50. The fourth-order valence-corrected chi connectivity index (χ4v) is 2.59. The minimum Gasteiger partial charge on any atom is -0.294 e. The van der Waals surface area contributed by atoms with Crippen LogP contribution in [-0.2, 0) is 4.79 Å². The molecular weight excluding hydrogens is 174 g/mol. The van der Waals surface area contributed by atoms with Gasteiger partial charge in [-0.05, 0) is 42.8 Å². The molecule has 0 N–H and O–H groups in total. The SMILES string of the molecule is O=C(Cl)CN1CCC2(CCC2)C1. The van der Waals surface area contributed by atoms with Crippen LogP contribution < -0.4 is 0 Å². The van der Waals surface area contributed by atoms with Crippen molar-refractivity contribution in [2.24, 2.45) is 5.41 Å². The molecule has 0 radical (unpaired) electrons. The molecule has 0 unspecified atom stereocenters. The largest absolute Gasteiger partial charge is 0.294 e. The van der Waals surface area contributed by atoms with Gasteiger partial charge in [-0.15, -0.1) is 0 Å². The van der Waals surface area contributed by atoms with Gasteiger partial charge in [0, 0.05) is 6.54 Å². The molecule has 0 amide bonds. The fourth-order valence-electron chi connectivity index (χ4n) is 2.42. The van der Waals surface area contributed by atoms with Crippen LogP contribution in [0.3, 0.4) is 0 Å². The van der Waals surface area contributed by atoms with Gasteiger partial charge >= 0.3 is 0 Å². The highest BCUT2D eigenvalue weighted by molar-refractivity contribution is 6.64. The molecule has 0 bridgehead atoms. The predicted molar refractivity (Wildman–Crippen MR) is 48.2 cm³/mol. The number of halogens is 1. The highest BCUT2D eigenvalue weighted by Crippen LogP contribution is 2.47. The van der Waals surface area contributed by atoms with E-state index in [1.54, 1.807) is 0 Å². The molecule has 0 atom stereocenters. The second-order valence-electron chi connectivity index (χ2n) is 4.17. The Morgan fingerprint density at radius 1 is 1.42 bits per heavy atom. The van der Waals surface area contributed by atoms with Crippen molar-refractivity contribution in [2.45, 2.75) is 25.7 Å². The third-order valence-corrected chi connectivity index (χ3v) is 3.40. The van der Waals surface area contributed by atoms with Gasteiger partial charge in [0.2, 0.25) is 5.24 Å². The molecule has 1 saturated carbocycles. The maximum atomic E-state index is 10.6. The highest BCUT2D eigenvalue weighted by atomic mass is 35.5. The second-order valence-corrected chi connectivity index (χ2v) is 4.59. The summed E-state index contributed by atoms with van der Waals surface area (Å²) in [5.74, 6) is 0. The molecular formula is C9H14ClNO. The number of hydrogen-bond donors (Lipinski definition) is 0. The summed E-state index contributed by atoms with van der Waals surface area (Å²) >= 11 is 5.33. The molecule has 1 aliphatic carbocycles. The van der Waals surface area contributed by atoms with Crippen LogP contribution in [0.1, 0.15) is 25.7 Å². The van der Waals surface area contributed by atoms with Gasteiger partial charge in [0.25, 0.3) is 0 Å². The van der Waals surface area contributed by atoms with E-state index >= 15 is 0 Å². The number of rotatable bonds is 2. The molecule has 68 valence electrons. The lowest BCUT2D eigenvalue weighted by molar-refractivity contribution is -0.112. The summed E-state index contributed by atoms with van der Waals surface area (Å²) < 4.78 is 0. The van der Waals surface area contributed by atoms with Crippen molar-refractivity contribution in [2.75, 3.05) is 19.6 Å². The van der Waals surface area contributed by atoms with E-state index < -0.39 is 0 Å². The lowest BCUT2D eigenvalue weighted by atomic mass is 9.68. The van der Waals surface area contributed by atoms with Crippen LogP contribution in [0.4, 0.5) is 0 Å². The summed E-state index contributed by atoms with van der Waals surface area (Å²) in [6, 6.07) is 0. The number of likely N-dealkylation sites (tertiary alicyclic amines) is 1. The van der Waals surface area contributed by atoms with Crippen LogP contribution in [-0.4, -0.2) is 29.8 Å². The van der Waals surface area contributed by atoms with Crippen LogP contribution in [0.25, 0.3) is 0 Å². The van der Waals surface area contributed by atoms with Gasteiger partial charge in [-0.3, -0.25) is 9.69 Å². The van der Waals surface area contributed by atoms with Crippen LogP contribution >= 0.6 is 11.6 Å². The second kappa shape index (κ2) is 3.00. The van der Waals surface area contributed by atoms with Crippen molar-refractivity contribution >= 4 is 16.8 Å². The first-order chi connectivity index (χ1) is 5.70. The van der Waals surface area contributed by atoms with E-state index in [2.05, 4.69) is 4.90 Å². The van der Waals surface area contributed by atoms with E-state index in [1.807, 2.05) is 0 Å². The zero-order valence-corrected chi connectivity index (χ0v) is 7.94. The summed E-state index contributed by atoms with van der Waals surface area (Å²) in [6.07, 6.45) is 5.37. The van der Waals surface area contributed by atoms with Crippen molar-refractivity contribution < 1.29 is 4.79 Å². The Hall–Kier alpha value is -0.0800. The highest BCUT2D eigenvalue weighted by Gasteiger charge is 2.42. The zero-order valence-electron chi connectivity index (χ0n) is 7.18. The van der Waals surface area contributed by atoms with Crippen LogP contribution in [0.15, 0.2) is 0 Å². The molecule has 0 aromatic rings. The van der Waals surface area contributed by atoms with E-state index in [1.165, 1.54) is 25.7 Å². The first-order valence-corrected chi connectivity index (χ1v) is 4.99. The molecule has 1 saturated heterocycles. The Balaban J connectivity index is 1.85. The van der Waals surface area contributed by atoms with Crippen molar-refractivity contribution in [1.82, 2.24) is 4.90 Å². The van der Waals surface area contributed by atoms with Gasteiger partial charge in [-0.25, -0.2) is 0 Å². The van der Waals surface area contributed by atoms with E-state index in [-0.39, 0.29) is 5.24 Å². The van der Waals surface area contributed by atoms with Crippen molar-refractivity contribution in [3.8, 4) is 0 Å². The van der Waals surface area contributed by atoms with Gasteiger partial charge < -0.3 is 0 Å². The molecule has 1 spiro atoms. The average molecular weight is 188 g/mol. The summed E-state index contributed by atoms with van der Waals surface area (Å²) in [6.45, 7) is 2.62. The molecule has 1 aliphatic heterocycles. The van der Waals surface area contributed by atoms with Crippen LogP contribution in [0.2, 0.25) is 0 Å². The maximum absolute atomic E-state index is 10.6. The molecule has 1 heterocycles. The van der Waals surface area contributed by atoms with Gasteiger partial charge in [0.05, 0.1) is 6.54 Å². The molecule has 0 aromatic heterocycles. The summed E-state index contributed by atoms with van der Waals surface area (Å²) in [7, 11) is 0. The Labute approximate surface area is 77.9 Å². The number of carbonyl (C=O) groups is 1. The first-order valence-electron chi connectivity index (χ1n) is 4.61. The van der Waals surface area contributed by atoms with Crippen molar-refractivity contribution in [1.29, 1.82) is 0 Å². The van der Waals surface area contributed by atoms with Gasteiger partial charge in [0.1, 0.15) is 0 Å². The molecule has 2 aliphatic rings. The molecule has 3 heteroatoms. The average Bonchev–Trinajstić information content (AvgIpc) is 2.29. The first kappa shape index (κ1) is 8.52. The minimum absolute atomic E-state index is 0.216. The summed E-state index contributed by atoms with van der Waals surface area (Å²) in [5.41, 5.74) is 0.590. The summed E-state index contributed by atoms with van der Waals surface area (Å²) in [5, 5.41) is -0.216. The van der Waals surface area contributed by atoms with E-state index in [0.29, 0.717) is 12.0 Å². The van der Waals surface area contributed by atoms with Crippen molar-refractivity contribution in [3.05, 3.63) is 0 Å². The standard InChI is InChI=1S/C9H14ClNO/c10-8(12)6-11-5-4-9(7-11)2-1-3-9/h1-7H2. The predicted octanol–water partition coefficient (Wildman–Crippen LogP) is 1.63. The van der Waals surface area contributed by atoms with E-state index in [4.69, 9.17) is 11.6 Å². The number of nitrogens with zero attached hydrogens (tertiary/aromatic N) is 1. The molecule has 2 nitrogen and oxygen atoms in total. The normalized spacial score (nSPS) is 27.4. The van der Waals surface area contributed by atoms with Crippen molar-refractivity contribution in [3.63, 3.8) is 0 Å². The molecule has 12 heavy (non-hydrogen) atoms. The minimum atomic E-state index is -0.216. The third-order valence-electron chi connectivity index (χ3n) is 3.28. The molecule has 2 rings (SSSR count). The fraction of sp³-hybridized carbons (Fsp3) is 0.889.